The van der Waals surface area contributed by atoms with Crippen molar-refractivity contribution in [2.45, 2.75) is 43.7 Å². The van der Waals surface area contributed by atoms with E-state index >= 15 is 0 Å². The van der Waals surface area contributed by atoms with E-state index in [0.717, 1.165) is 0 Å². The summed E-state index contributed by atoms with van der Waals surface area (Å²) in [7, 11) is 1.38. The van der Waals surface area contributed by atoms with Crippen molar-refractivity contribution in [2.24, 2.45) is 0 Å². The van der Waals surface area contributed by atoms with Crippen LogP contribution in [-0.4, -0.2) is 66.7 Å². The molecule has 2 fully saturated rings. The lowest BCUT2D eigenvalue weighted by molar-refractivity contribution is -0.322. The molecule has 2 heterocycles. The molecule has 0 saturated carbocycles. The molecule has 0 unspecified atom stereocenters. The summed E-state index contributed by atoms with van der Waals surface area (Å²) in [4.78, 5) is 11.4. The topological polar surface area (TPSA) is 94.5 Å². The van der Waals surface area contributed by atoms with Gasteiger partial charge in [0.2, 0.25) is 0 Å². The zero-order valence-corrected chi connectivity index (χ0v) is 9.61. The van der Waals surface area contributed by atoms with Gasteiger partial charge in [-0.15, -0.1) is 0 Å². The summed E-state index contributed by atoms with van der Waals surface area (Å²) in [6.07, 6.45) is -5.05. The fourth-order valence-electron chi connectivity index (χ4n) is 2.05. The Hall–Kier alpha value is -0.730. The largest absolute Gasteiger partial charge is 0.455 e. The molecule has 0 aromatic rings. The van der Waals surface area contributed by atoms with Crippen molar-refractivity contribution in [3.05, 3.63) is 0 Å². The van der Waals surface area contributed by atoms with Crippen molar-refractivity contribution in [1.29, 1.82) is 0 Å². The normalized spacial score (nSPS) is 46.2. The van der Waals surface area contributed by atoms with Gasteiger partial charge in [-0.1, -0.05) is 0 Å². The monoisotopic (exact) mass is 248 g/mol. The number of carbonyl (C=O) groups is 1. The van der Waals surface area contributed by atoms with Crippen molar-refractivity contribution in [2.75, 3.05) is 13.7 Å². The Kier molecular flexibility index (Phi) is 3.64. The highest BCUT2D eigenvalue weighted by Gasteiger charge is 2.52. The van der Waals surface area contributed by atoms with Crippen LogP contribution in [0.4, 0.5) is 0 Å². The number of ether oxygens (including phenoxy) is 4. The van der Waals surface area contributed by atoms with Gasteiger partial charge in [0.05, 0.1) is 6.61 Å². The lowest BCUT2D eigenvalue weighted by Gasteiger charge is -2.46. The summed E-state index contributed by atoms with van der Waals surface area (Å²) < 4.78 is 20.7. The Bertz CT molecular complexity index is 294. The molecule has 2 rings (SSSR count). The van der Waals surface area contributed by atoms with E-state index in [0.29, 0.717) is 0 Å². The highest BCUT2D eigenvalue weighted by molar-refractivity contribution is 5.75. The van der Waals surface area contributed by atoms with Crippen molar-refractivity contribution < 1.29 is 34.0 Å². The number of methoxy groups -OCH3 is 1. The minimum atomic E-state index is -1.07. The zero-order chi connectivity index (χ0) is 12.6. The molecule has 0 spiro atoms. The summed E-state index contributed by atoms with van der Waals surface area (Å²) in [6, 6.07) is 0. The molecule has 17 heavy (non-hydrogen) atoms. The highest BCUT2D eigenvalue weighted by atomic mass is 16.7. The number of hydrogen-bond donors (Lipinski definition) is 2. The molecule has 0 aromatic carbocycles. The van der Waals surface area contributed by atoms with Crippen molar-refractivity contribution in [1.82, 2.24) is 0 Å². The lowest BCUT2D eigenvalue weighted by atomic mass is 9.97. The van der Waals surface area contributed by atoms with E-state index in [1.165, 1.54) is 14.0 Å². The molecular weight excluding hydrogens is 232 g/mol. The Morgan fingerprint density at radius 3 is 2.65 bits per heavy atom. The molecule has 0 radical (unpaired) electrons. The highest BCUT2D eigenvalue weighted by Crippen LogP contribution is 2.30. The Morgan fingerprint density at radius 2 is 2.06 bits per heavy atom. The standard InChI is InChI=1S/C10H16O7/c1-4-9(13)17-7-5(3-11)16-10(14-2)6(12)8(7)15-4/h4-8,10-12H,3H2,1-2H3/t4-,5-,6+,7-,8-,10+/m1/s1. The van der Waals surface area contributed by atoms with Gasteiger partial charge in [-0.2, -0.15) is 0 Å². The van der Waals surface area contributed by atoms with Crippen LogP contribution in [0.1, 0.15) is 6.92 Å². The predicted octanol–water partition coefficient (Wildman–Crippen LogP) is -1.59. The molecule has 6 atom stereocenters. The fraction of sp³-hybridized carbons (Fsp3) is 0.900. The molecule has 7 nitrogen and oxygen atoms in total. The second-order valence-corrected chi connectivity index (χ2v) is 4.10. The van der Waals surface area contributed by atoms with Gasteiger partial charge in [-0.05, 0) is 6.92 Å². The average Bonchev–Trinajstić information content (AvgIpc) is 2.32. The van der Waals surface area contributed by atoms with E-state index in [9.17, 15) is 15.0 Å². The van der Waals surface area contributed by atoms with Crippen LogP contribution in [0.3, 0.4) is 0 Å². The number of rotatable bonds is 2. The van der Waals surface area contributed by atoms with Crippen LogP contribution in [-0.2, 0) is 23.7 Å². The Labute approximate surface area is 98.2 Å². The second-order valence-electron chi connectivity index (χ2n) is 4.10. The Balaban J connectivity index is 2.18. The second kappa shape index (κ2) is 4.87. The lowest BCUT2D eigenvalue weighted by Crippen LogP contribution is -2.64. The minimum absolute atomic E-state index is 0.348. The summed E-state index contributed by atoms with van der Waals surface area (Å²) in [5.74, 6) is -0.531. The first-order valence-electron chi connectivity index (χ1n) is 5.41. The molecule has 98 valence electrons. The van der Waals surface area contributed by atoms with Gasteiger partial charge in [0.1, 0.15) is 18.3 Å². The van der Waals surface area contributed by atoms with E-state index in [4.69, 9.17) is 18.9 Å². The first-order valence-corrected chi connectivity index (χ1v) is 5.41. The number of hydrogen-bond acceptors (Lipinski definition) is 7. The van der Waals surface area contributed by atoms with E-state index in [2.05, 4.69) is 0 Å². The first kappa shape index (κ1) is 12.7. The third-order valence-electron chi connectivity index (χ3n) is 2.97. The molecule has 2 saturated heterocycles. The van der Waals surface area contributed by atoms with Crippen molar-refractivity contribution >= 4 is 5.97 Å². The summed E-state index contributed by atoms with van der Waals surface area (Å²) in [5, 5.41) is 19.1. The molecule has 0 bridgehead atoms. The van der Waals surface area contributed by atoms with Gasteiger partial charge in [0.15, 0.2) is 18.5 Å². The number of esters is 1. The number of fused-ring (bicyclic) bond motifs is 1. The van der Waals surface area contributed by atoms with Crippen molar-refractivity contribution in [3.8, 4) is 0 Å². The summed E-state index contributed by atoms with van der Waals surface area (Å²) in [6.45, 7) is 1.19. The van der Waals surface area contributed by atoms with Crippen LogP contribution < -0.4 is 0 Å². The molecule has 7 heteroatoms. The van der Waals surface area contributed by atoms with Crippen LogP contribution in [0.15, 0.2) is 0 Å². The third kappa shape index (κ3) is 2.16. The molecule has 0 amide bonds. The average molecular weight is 248 g/mol. The van der Waals surface area contributed by atoms with Crippen LogP contribution in [0.25, 0.3) is 0 Å². The van der Waals surface area contributed by atoms with Gasteiger partial charge >= 0.3 is 5.97 Å². The summed E-state index contributed by atoms with van der Waals surface area (Å²) >= 11 is 0. The molecule has 2 aliphatic rings. The fourth-order valence-corrected chi connectivity index (χ4v) is 2.05. The molecular formula is C10H16O7. The van der Waals surface area contributed by atoms with Crippen LogP contribution >= 0.6 is 0 Å². The Morgan fingerprint density at radius 1 is 1.35 bits per heavy atom. The summed E-state index contributed by atoms with van der Waals surface area (Å²) in [5.41, 5.74) is 0. The maximum absolute atomic E-state index is 11.4. The van der Waals surface area contributed by atoms with Gasteiger partial charge in [-0.25, -0.2) is 4.79 Å². The van der Waals surface area contributed by atoms with E-state index < -0.39 is 42.8 Å². The molecule has 0 aliphatic carbocycles. The minimum Gasteiger partial charge on any atom is -0.455 e. The molecule has 2 N–H and O–H groups in total. The number of aliphatic hydroxyl groups is 2. The van der Waals surface area contributed by atoms with Gasteiger partial charge < -0.3 is 29.2 Å². The quantitative estimate of drug-likeness (QED) is 0.569. The SMILES string of the molecule is CO[C@H]1O[C@H](CO)[C@H]2OC(=O)[C@@H](C)O[C@@H]2[C@@H]1O. The zero-order valence-electron chi connectivity index (χ0n) is 9.61. The van der Waals surface area contributed by atoms with Crippen LogP contribution in [0, 0.1) is 0 Å². The predicted molar refractivity (Wildman–Crippen MR) is 53.0 cm³/mol. The number of aliphatic hydroxyl groups excluding tert-OH is 2. The maximum Gasteiger partial charge on any atom is 0.335 e. The molecule has 0 aromatic heterocycles. The van der Waals surface area contributed by atoms with Crippen LogP contribution in [0.2, 0.25) is 0 Å². The maximum atomic E-state index is 11.4. The number of carbonyl (C=O) groups excluding carboxylic acids is 1. The van der Waals surface area contributed by atoms with Gasteiger partial charge in [-0.3, -0.25) is 0 Å². The first-order chi connectivity index (χ1) is 8.08. The van der Waals surface area contributed by atoms with Crippen molar-refractivity contribution in [3.63, 3.8) is 0 Å². The third-order valence-corrected chi connectivity index (χ3v) is 2.97. The van der Waals surface area contributed by atoms with Crippen LogP contribution in [0.5, 0.6) is 0 Å². The van der Waals surface area contributed by atoms with E-state index in [-0.39, 0.29) is 6.61 Å². The smallest absolute Gasteiger partial charge is 0.335 e. The van der Waals surface area contributed by atoms with Gasteiger partial charge in [0.25, 0.3) is 0 Å². The van der Waals surface area contributed by atoms with Gasteiger partial charge in [0, 0.05) is 7.11 Å². The van der Waals surface area contributed by atoms with E-state index in [1.54, 1.807) is 0 Å². The van der Waals surface area contributed by atoms with E-state index in [1.807, 2.05) is 0 Å². The molecule has 2 aliphatic heterocycles.